The summed E-state index contributed by atoms with van der Waals surface area (Å²) in [6, 6.07) is 0. The average molecular weight is 240 g/mol. The molecule has 1 atom stereocenters. The summed E-state index contributed by atoms with van der Waals surface area (Å²) >= 11 is 1.83. The lowest BCUT2D eigenvalue weighted by molar-refractivity contribution is 0.265. The first-order chi connectivity index (χ1) is 7.41. The van der Waals surface area contributed by atoms with Gasteiger partial charge in [0.05, 0.1) is 11.2 Å². The fraction of sp³-hybridized carbons (Fsp3) is 0.769. The molecule has 2 nitrogen and oxygen atoms in total. The highest BCUT2D eigenvalue weighted by Gasteiger charge is 2.32. The molecule has 0 aromatic carbocycles. The number of nitrogens with zero attached hydrogens (tertiary/aromatic N) is 1. The lowest BCUT2D eigenvalue weighted by atomic mass is 9.89. The number of nitrogens with one attached hydrogen (secondary N) is 1. The zero-order valence-corrected chi connectivity index (χ0v) is 12.2. The highest BCUT2D eigenvalue weighted by Crippen LogP contribution is 2.33. The van der Waals surface area contributed by atoms with E-state index in [-0.39, 0.29) is 5.54 Å². The highest BCUT2D eigenvalue weighted by molar-refractivity contribution is 7.11. The van der Waals surface area contributed by atoms with Crippen LogP contribution in [0.4, 0.5) is 0 Å². The minimum absolute atomic E-state index is 0.0136. The summed E-state index contributed by atoms with van der Waals surface area (Å²) in [6.45, 7) is 14.3. The molecule has 0 saturated heterocycles. The third-order valence-electron chi connectivity index (χ3n) is 3.37. The predicted octanol–water partition coefficient (Wildman–Crippen LogP) is 3.63. The molecule has 3 heteroatoms. The number of thiazole rings is 1. The summed E-state index contributed by atoms with van der Waals surface area (Å²) in [5.74, 6) is 0.545. The van der Waals surface area contributed by atoms with E-state index in [0.29, 0.717) is 5.92 Å². The molecule has 1 rings (SSSR count). The molecule has 1 N–H and O–H groups in total. The Morgan fingerprint density at radius 2 is 2.00 bits per heavy atom. The molecular formula is C13H24N2S. The van der Waals surface area contributed by atoms with Crippen LogP contribution in [0.2, 0.25) is 0 Å². The third-order valence-corrected chi connectivity index (χ3v) is 4.68. The Kier molecular flexibility index (Phi) is 4.51. The molecule has 0 aliphatic carbocycles. The van der Waals surface area contributed by atoms with Gasteiger partial charge >= 0.3 is 0 Å². The van der Waals surface area contributed by atoms with Crippen molar-refractivity contribution >= 4 is 11.3 Å². The van der Waals surface area contributed by atoms with Crippen molar-refractivity contribution in [2.45, 2.75) is 53.5 Å². The van der Waals surface area contributed by atoms with Gasteiger partial charge in [0.25, 0.3) is 0 Å². The van der Waals surface area contributed by atoms with Crippen LogP contribution in [-0.4, -0.2) is 11.5 Å². The van der Waals surface area contributed by atoms with Crippen LogP contribution in [0.3, 0.4) is 0 Å². The first kappa shape index (κ1) is 13.7. The average Bonchev–Trinajstić information content (AvgIpc) is 2.56. The van der Waals surface area contributed by atoms with Crippen molar-refractivity contribution in [1.82, 2.24) is 10.3 Å². The van der Waals surface area contributed by atoms with Gasteiger partial charge in [0.1, 0.15) is 5.01 Å². The molecule has 0 aliphatic rings. The standard InChI is InChI=1S/C13H24N2S/c1-7-8-14-13(6,9(2)3)12-15-10(4)11(5)16-12/h9,14H,7-8H2,1-6H3. The first-order valence-electron chi connectivity index (χ1n) is 6.11. The quantitative estimate of drug-likeness (QED) is 0.850. The molecule has 1 aromatic heterocycles. The van der Waals surface area contributed by atoms with E-state index in [1.807, 2.05) is 11.3 Å². The Balaban J connectivity index is 3.01. The van der Waals surface area contributed by atoms with Crippen LogP contribution >= 0.6 is 11.3 Å². The number of hydrogen-bond acceptors (Lipinski definition) is 3. The number of aromatic nitrogens is 1. The number of hydrogen-bond donors (Lipinski definition) is 1. The first-order valence-corrected chi connectivity index (χ1v) is 6.93. The third kappa shape index (κ3) is 2.64. The maximum Gasteiger partial charge on any atom is 0.113 e. The molecular weight excluding hydrogens is 216 g/mol. The molecule has 16 heavy (non-hydrogen) atoms. The molecule has 0 fully saturated rings. The minimum atomic E-state index is 0.0136. The van der Waals surface area contributed by atoms with Crippen LogP contribution < -0.4 is 5.32 Å². The zero-order chi connectivity index (χ0) is 12.3. The summed E-state index contributed by atoms with van der Waals surface area (Å²) in [6.07, 6.45) is 1.16. The van der Waals surface area contributed by atoms with Crippen molar-refractivity contribution < 1.29 is 0 Å². The molecule has 1 aromatic rings. The largest absolute Gasteiger partial charge is 0.305 e. The zero-order valence-electron chi connectivity index (χ0n) is 11.3. The monoisotopic (exact) mass is 240 g/mol. The number of rotatable bonds is 5. The predicted molar refractivity (Wildman–Crippen MR) is 72.1 cm³/mol. The van der Waals surface area contributed by atoms with E-state index in [2.05, 4.69) is 46.9 Å². The lowest BCUT2D eigenvalue weighted by Crippen LogP contribution is -2.44. The lowest BCUT2D eigenvalue weighted by Gasteiger charge is -2.33. The molecule has 0 saturated carbocycles. The molecule has 0 amide bonds. The summed E-state index contributed by atoms with van der Waals surface area (Å²) in [4.78, 5) is 6.05. The smallest absolute Gasteiger partial charge is 0.113 e. The minimum Gasteiger partial charge on any atom is -0.305 e. The van der Waals surface area contributed by atoms with Gasteiger partial charge in [0.2, 0.25) is 0 Å². The SMILES string of the molecule is CCCNC(C)(c1nc(C)c(C)s1)C(C)C. The topological polar surface area (TPSA) is 24.9 Å². The van der Waals surface area contributed by atoms with Crippen LogP contribution in [0.1, 0.15) is 49.7 Å². The Morgan fingerprint density at radius 1 is 1.38 bits per heavy atom. The van der Waals surface area contributed by atoms with Gasteiger partial charge in [-0.3, -0.25) is 0 Å². The van der Waals surface area contributed by atoms with Crippen molar-refractivity contribution in [2.75, 3.05) is 6.54 Å². The summed E-state index contributed by atoms with van der Waals surface area (Å²) in [7, 11) is 0. The van der Waals surface area contributed by atoms with Crippen molar-refractivity contribution in [2.24, 2.45) is 5.92 Å². The van der Waals surface area contributed by atoms with Gasteiger partial charge in [-0.1, -0.05) is 20.8 Å². The number of aryl methyl sites for hydroxylation is 2. The van der Waals surface area contributed by atoms with Crippen LogP contribution in [0.5, 0.6) is 0 Å². The van der Waals surface area contributed by atoms with Crippen LogP contribution in [-0.2, 0) is 5.54 Å². The van der Waals surface area contributed by atoms with Crippen molar-refractivity contribution in [3.8, 4) is 0 Å². The van der Waals surface area contributed by atoms with Gasteiger partial charge < -0.3 is 5.32 Å². The Morgan fingerprint density at radius 3 is 2.38 bits per heavy atom. The van der Waals surface area contributed by atoms with E-state index >= 15 is 0 Å². The van der Waals surface area contributed by atoms with E-state index in [1.54, 1.807) is 0 Å². The van der Waals surface area contributed by atoms with Gasteiger partial charge in [-0.2, -0.15) is 0 Å². The maximum atomic E-state index is 4.71. The van der Waals surface area contributed by atoms with E-state index in [4.69, 9.17) is 4.98 Å². The Labute approximate surface area is 103 Å². The molecule has 0 aliphatic heterocycles. The van der Waals surface area contributed by atoms with Gasteiger partial charge in [0.15, 0.2) is 0 Å². The van der Waals surface area contributed by atoms with Crippen molar-refractivity contribution in [3.63, 3.8) is 0 Å². The van der Waals surface area contributed by atoms with Crippen molar-refractivity contribution in [3.05, 3.63) is 15.6 Å². The molecule has 0 bridgehead atoms. The second-order valence-electron chi connectivity index (χ2n) is 4.94. The molecule has 92 valence electrons. The summed E-state index contributed by atoms with van der Waals surface area (Å²) in [5.41, 5.74) is 1.19. The summed E-state index contributed by atoms with van der Waals surface area (Å²) in [5, 5.41) is 4.88. The second kappa shape index (κ2) is 5.28. The van der Waals surface area contributed by atoms with Gasteiger partial charge in [-0.05, 0) is 39.7 Å². The summed E-state index contributed by atoms with van der Waals surface area (Å²) < 4.78 is 0. The van der Waals surface area contributed by atoms with Crippen LogP contribution in [0.25, 0.3) is 0 Å². The Hall–Kier alpha value is -0.410. The maximum absolute atomic E-state index is 4.71. The fourth-order valence-corrected chi connectivity index (χ4v) is 2.79. The normalized spacial score (nSPS) is 15.4. The van der Waals surface area contributed by atoms with Crippen LogP contribution in [0, 0.1) is 19.8 Å². The van der Waals surface area contributed by atoms with Gasteiger partial charge in [-0.15, -0.1) is 11.3 Å². The molecule has 1 heterocycles. The van der Waals surface area contributed by atoms with E-state index in [9.17, 15) is 0 Å². The Bertz CT molecular complexity index is 324. The van der Waals surface area contributed by atoms with Gasteiger partial charge in [-0.25, -0.2) is 4.98 Å². The van der Waals surface area contributed by atoms with E-state index in [0.717, 1.165) is 13.0 Å². The molecule has 1 unspecified atom stereocenters. The second-order valence-corrected chi connectivity index (χ2v) is 6.15. The molecule has 0 spiro atoms. The fourth-order valence-electron chi connectivity index (χ4n) is 1.61. The van der Waals surface area contributed by atoms with E-state index in [1.165, 1.54) is 15.6 Å². The highest BCUT2D eigenvalue weighted by atomic mass is 32.1. The van der Waals surface area contributed by atoms with Crippen LogP contribution in [0.15, 0.2) is 0 Å². The van der Waals surface area contributed by atoms with Gasteiger partial charge in [0, 0.05) is 4.88 Å². The van der Waals surface area contributed by atoms with E-state index < -0.39 is 0 Å². The van der Waals surface area contributed by atoms with Crippen molar-refractivity contribution in [1.29, 1.82) is 0 Å². The molecule has 0 radical (unpaired) electrons.